The van der Waals surface area contributed by atoms with Gasteiger partial charge >= 0.3 is 6.03 Å². The molecule has 0 radical (unpaired) electrons. The maximum Gasteiger partial charge on any atom is 0.319 e. The SMILES string of the molecule is CN(C)C(=O)N1CCC2(CC1)CO[C@H](COCc1ccccn1)C2. The average molecular weight is 333 g/mol. The molecular formula is C18H27N3O3. The van der Waals surface area contributed by atoms with Crippen molar-refractivity contribution in [3.8, 4) is 0 Å². The molecule has 0 unspecified atom stereocenters. The number of nitrogens with zero attached hydrogens (tertiary/aromatic N) is 3. The molecule has 1 aromatic rings. The first-order valence-corrected chi connectivity index (χ1v) is 8.63. The van der Waals surface area contributed by atoms with Gasteiger partial charge in [0.2, 0.25) is 0 Å². The highest BCUT2D eigenvalue weighted by molar-refractivity contribution is 5.73. The topological polar surface area (TPSA) is 54.9 Å². The zero-order chi connectivity index (χ0) is 17.0. The Kier molecular flexibility index (Phi) is 5.36. The van der Waals surface area contributed by atoms with Crippen LogP contribution in [0, 0.1) is 5.41 Å². The lowest BCUT2D eigenvalue weighted by Gasteiger charge is -2.39. The highest BCUT2D eigenvalue weighted by Gasteiger charge is 2.43. The lowest BCUT2D eigenvalue weighted by Crippen LogP contribution is -2.47. The van der Waals surface area contributed by atoms with Gasteiger partial charge in [-0.3, -0.25) is 4.98 Å². The summed E-state index contributed by atoms with van der Waals surface area (Å²) in [5.74, 6) is 0. The van der Waals surface area contributed by atoms with Crippen molar-refractivity contribution in [2.75, 3.05) is 40.4 Å². The lowest BCUT2D eigenvalue weighted by atomic mass is 9.77. The van der Waals surface area contributed by atoms with Gasteiger partial charge in [0.25, 0.3) is 0 Å². The van der Waals surface area contributed by atoms with Crippen LogP contribution in [0.4, 0.5) is 4.79 Å². The van der Waals surface area contributed by atoms with Crippen molar-refractivity contribution in [2.45, 2.75) is 32.0 Å². The molecule has 1 aromatic heterocycles. The predicted molar refractivity (Wildman–Crippen MR) is 90.6 cm³/mol. The normalized spacial score (nSPS) is 22.8. The van der Waals surface area contributed by atoms with Crippen LogP contribution in [0.3, 0.4) is 0 Å². The molecule has 2 aliphatic rings. The number of hydrogen-bond acceptors (Lipinski definition) is 4. The van der Waals surface area contributed by atoms with Gasteiger partial charge < -0.3 is 19.3 Å². The number of carbonyl (C=O) groups is 1. The van der Waals surface area contributed by atoms with Gasteiger partial charge in [-0.05, 0) is 36.8 Å². The minimum absolute atomic E-state index is 0.110. The Bertz CT molecular complexity index is 542. The van der Waals surface area contributed by atoms with Crippen LogP contribution < -0.4 is 0 Å². The third kappa shape index (κ3) is 4.05. The standard InChI is InChI=1S/C18H27N3O3/c1-20(2)17(22)21-9-6-18(7-10-21)11-16(24-14-18)13-23-12-15-5-3-4-8-19-15/h3-5,8,16H,6-7,9-14H2,1-2H3/t16-/m0/s1. The van der Waals surface area contributed by atoms with Crippen molar-refractivity contribution < 1.29 is 14.3 Å². The summed E-state index contributed by atoms with van der Waals surface area (Å²) in [7, 11) is 3.61. The number of ether oxygens (including phenoxy) is 2. The molecule has 1 spiro atoms. The molecule has 3 rings (SSSR count). The largest absolute Gasteiger partial charge is 0.375 e. The summed E-state index contributed by atoms with van der Waals surface area (Å²) < 4.78 is 11.7. The molecule has 2 aliphatic heterocycles. The molecular weight excluding hydrogens is 306 g/mol. The molecule has 132 valence electrons. The predicted octanol–water partition coefficient (Wildman–Crippen LogP) is 2.15. The van der Waals surface area contributed by atoms with Crippen molar-refractivity contribution in [3.63, 3.8) is 0 Å². The minimum atomic E-state index is 0.110. The van der Waals surface area contributed by atoms with E-state index >= 15 is 0 Å². The lowest BCUT2D eigenvalue weighted by molar-refractivity contribution is 0.00604. The molecule has 0 saturated carbocycles. The van der Waals surface area contributed by atoms with E-state index in [1.54, 1.807) is 25.2 Å². The molecule has 3 heterocycles. The summed E-state index contributed by atoms with van der Waals surface area (Å²) in [6, 6.07) is 5.95. The number of amides is 2. The van der Waals surface area contributed by atoms with Crippen molar-refractivity contribution in [1.29, 1.82) is 0 Å². The molecule has 0 bridgehead atoms. The highest BCUT2D eigenvalue weighted by Crippen LogP contribution is 2.42. The second-order valence-corrected chi connectivity index (χ2v) is 7.14. The molecule has 0 N–H and O–H groups in total. The molecule has 0 aliphatic carbocycles. The minimum Gasteiger partial charge on any atom is -0.375 e. The number of piperidine rings is 1. The van der Waals surface area contributed by atoms with Gasteiger partial charge in [-0.15, -0.1) is 0 Å². The van der Waals surface area contributed by atoms with Crippen LogP contribution in [0.25, 0.3) is 0 Å². The summed E-state index contributed by atoms with van der Waals surface area (Å²) in [4.78, 5) is 19.9. The first-order chi connectivity index (χ1) is 11.6. The van der Waals surface area contributed by atoms with Crippen LogP contribution in [0.2, 0.25) is 0 Å². The molecule has 1 atom stereocenters. The van der Waals surface area contributed by atoms with E-state index in [0.717, 1.165) is 44.7 Å². The van der Waals surface area contributed by atoms with Gasteiger partial charge in [0.15, 0.2) is 0 Å². The third-order valence-corrected chi connectivity index (χ3v) is 5.04. The van der Waals surface area contributed by atoms with Crippen LogP contribution >= 0.6 is 0 Å². The van der Waals surface area contributed by atoms with Gasteiger partial charge in [-0.2, -0.15) is 0 Å². The quantitative estimate of drug-likeness (QED) is 0.847. The van der Waals surface area contributed by atoms with Gasteiger partial charge in [-0.1, -0.05) is 6.07 Å². The highest BCUT2D eigenvalue weighted by atomic mass is 16.5. The van der Waals surface area contributed by atoms with E-state index in [1.807, 2.05) is 23.1 Å². The van der Waals surface area contributed by atoms with Crippen molar-refractivity contribution >= 4 is 6.03 Å². The first kappa shape index (κ1) is 17.2. The molecule has 24 heavy (non-hydrogen) atoms. The number of pyridine rings is 1. The van der Waals surface area contributed by atoms with Crippen molar-refractivity contribution in [1.82, 2.24) is 14.8 Å². The van der Waals surface area contributed by atoms with Crippen molar-refractivity contribution in [3.05, 3.63) is 30.1 Å². The van der Waals surface area contributed by atoms with Crippen LogP contribution in [-0.4, -0.2) is 67.3 Å². The number of carbonyl (C=O) groups excluding carboxylic acids is 1. The summed E-state index contributed by atoms with van der Waals surface area (Å²) in [5, 5.41) is 0. The molecule has 2 fully saturated rings. The molecule has 0 aromatic carbocycles. The Labute approximate surface area is 143 Å². The van der Waals surface area contributed by atoms with Crippen LogP contribution in [-0.2, 0) is 16.1 Å². The fourth-order valence-corrected chi connectivity index (χ4v) is 3.58. The molecule has 6 nitrogen and oxygen atoms in total. The Morgan fingerprint density at radius 3 is 2.88 bits per heavy atom. The smallest absolute Gasteiger partial charge is 0.319 e. The van der Waals surface area contributed by atoms with Gasteiger partial charge in [0.1, 0.15) is 0 Å². The van der Waals surface area contributed by atoms with E-state index in [9.17, 15) is 4.79 Å². The van der Waals surface area contributed by atoms with E-state index in [0.29, 0.717) is 13.2 Å². The Hall–Kier alpha value is -1.66. The molecule has 6 heteroatoms. The summed E-state index contributed by atoms with van der Waals surface area (Å²) >= 11 is 0. The molecule has 2 saturated heterocycles. The third-order valence-electron chi connectivity index (χ3n) is 5.04. The van der Waals surface area contributed by atoms with Gasteiger partial charge in [-0.25, -0.2) is 4.79 Å². The number of likely N-dealkylation sites (tertiary alicyclic amines) is 1. The maximum atomic E-state index is 12.0. The number of aromatic nitrogens is 1. The van der Waals surface area contributed by atoms with Crippen LogP contribution in [0.5, 0.6) is 0 Å². The Morgan fingerprint density at radius 2 is 2.21 bits per heavy atom. The van der Waals surface area contributed by atoms with E-state index in [2.05, 4.69) is 4.98 Å². The van der Waals surface area contributed by atoms with E-state index in [4.69, 9.17) is 9.47 Å². The first-order valence-electron chi connectivity index (χ1n) is 8.63. The number of urea groups is 1. The van der Waals surface area contributed by atoms with E-state index < -0.39 is 0 Å². The zero-order valence-corrected chi connectivity index (χ0v) is 14.6. The van der Waals surface area contributed by atoms with E-state index in [-0.39, 0.29) is 17.6 Å². The average Bonchev–Trinajstić information content (AvgIpc) is 2.98. The van der Waals surface area contributed by atoms with E-state index in [1.165, 1.54) is 0 Å². The second-order valence-electron chi connectivity index (χ2n) is 7.14. The monoisotopic (exact) mass is 333 g/mol. The van der Waals surface area contributed by atoms with Crippen molar-refractivity contribution in [2.24, 2.45) is 5.41 Å². The molecule has 2 amide bonds. The van der Waals surface area contributed by atoms with Gasteiger partial charge in [0.05, 0.1) is 31.6 Å². The Balaban J connectivity index is 1.42. The Morgan fingerprint density at radius 1 is 1.42 bits per heavy atom. The summed E-state index contributed by atoms with van der Waals surface area (Å²) in [6.07, 6.45) is 5.00. The number of hydrogen-bond donors (Lipinski definition) is 0. The fourth-order valence-electron chi connectivity index (χ4n) is 3.58. The number of rotatable bonds is 4. The second kappa shape index (κ2) is 7.49. The zero-order valence-electron chi connectivity index (χ0n) is 14.6. The van der Waals surface area contributed by atoms with Gasteiger partial charge in [0, 0.05) is 33.4 Å². The maximum absolute atomic E-state index is 12.0. The van der Waals surface area contributed by atoms with Crippen LogP contribution in [0.1, 0.15) is 25.0 Å². The fraction of sp³-hybridized carbons (Fsp3) is 0.667. The summed E-state index contributed by atoms with van der Waals surface area (Å²) in [5.41, 5.74) is 1.17. The summed E-state index contributed by atoms with van der Waals surface area (Å²) in [6.45, 7) is 3.57. The van der Waals surface area contributed by atoms with Crippen LogP contribution in [0.15, 0.2) is 24.4 Å².